The lowest BCUT2D eigenvalue weighted by molar-refractivity contribution is -0.141. The van der Waals surface area contributed by atoms with E-state index >= 15 is 0 Å². The van der Waals surface area contributed by atoms with Crippen molar-refractivity contribution >= 4 is 5.91 Å². The van der Waals surface area contributed by atoms with Gasteiger partial charge in [-0.15, -0.1) is 0 Å². The highest BCUT2D eigenvalue weighted by molar-refractivity contribution is 5.91. The number of aryl methyl sites for hydroxylation is 3. The van der Waals surface area contributed by atoms with Crippen LogP contribution in [-0.4, -0.2) is 30.5 Å². The molecule has 0 saturated heterocycles. The molecule has 0 atom stereocenters. The van der Waals surface area contributed by atoms with Crippen LogP contribution < -0.4 is 5.73 Å². The molecule has 0 bridgehead atoms. The maximum absolute atomic E-state index is 12.0. The van der Waals surface area contributed by atoms with Crippen molar-refractivity contribution in [2.45, 2.75) is 31.9 Å². The summed E-state index contributed by atoms with van der Waals surface area (Å²) in [6.07, 6.45) is 3.83. The van der Waals surface area contributed by atoms with E-state index in [1.54, 1.807) is 12.3 Å². The standard InChI is InChI=1S/C13H12N4.C6H6F3N3O/c14-8-11-7-12(5-6-15-11)17-9-10-3-1-2-4-13(10)16-17;1-12-3(5(10)13)2-4(11-12)6(7,8)9/h5-7,9H,1-4H2;2H,1H3,(H2,10,13). The number of carbonyl (C=O) groups excluding carboxylic acids is 1. The molecule has 156 valence electrons. The van der Waals surface area contributed by atoms with Crippen molar-refractivity contribution in [2.75, 3.05) is 0 Å². The van der Waals surface area contributed by atoms with Crippen LogP contribution in [0.25, 0.3) is 5.69 Å². The molecule has 4 rings (SSSR count). The van der Waals surface area contributed by atoms with Gasteiger partial charge in [0.2, 0.25) is 0 Å². The zero-order valence-corrected chi connectivity index (χ0v) is 16.0. The second-order valence-corrected chi connectivity index (χ2v) is 6.66. The lowest BCUT2D eigenvalue weighted by Crippen LogP contribution is -2.15. The molecule has 1 aliphatic carbocycles. The first-order valence-corrected chi connectivity index (χ1v) is 9.04. The highest BCUT2D eigenvalue weighted by Crippen LogP contribution is 2.28. The Morgan fingerprint density at radius 2 is 1.97 bits per heavy atom. The van der Waals surface area contributed by atoms with Gasteiger partial charge in [-0.05, 0) is 37.3 Å². The number of amides is 1. The van der Waals surface area contributed by atoms with E-state index in [1.165, 1.54) is 31.1 Å². The quantitative estimate of drug-likeness (QED) is 0.688. The number of pyridine rings is 1. The minimum absolute atomic E-state index is 0.271. The van der Waals surface area contributed by atoms with E-state index in [-0.39, 0.29) is 5.69 Å². The van der Waals surface area contributed by atoms with Crippen LogP contribution in [0.2, 0.25) is 0 Å². The smallest absolute Gasteiger partial charge is 0.364 e. The highest BCUT2D eigenvalue weighted by Gasteiger charge is 2.35. The first kappa shape index (κ1) is 21.0. The SMILES string of the molecule is Cn1nc(C(F)(F)F)cc1C(N)=O.N#Cc1cc(-n2cc3c(n2)CCCC3)ccn1. The van der Waals surface area contributed by atoms with Crippen molar-refractivity contribution in [2.24, 2.45) is 12.8 Å². The average molecular weight is 417 g/mol. The fraction of sp³-hybridized carbons (Fsp3) is 0.316. The van der Waals surface area contributed by atoms with Crippen LogP contribution in [0.1, 0.15) is 46.0 Å². The van der Waals surface area contributed by atoms with Gasteiger partial charge in [0.05, 0.1) is 11.4 Å². The van der Waals surface area contributed by atoms with Crippen molar-refractivity contribution in [3.63, 3.8) is 0 Å². The number of carbonyl (C=O) groups is 1. The predicted molar refractivity (Wildman–Crippen MR) is 99.4 cm³/mol. The van der Waals surface area contributed by atoms with Crippen molar-refractivity contribution in [1.82, 2.24) is 24.5 Å². The fourth-order valence-corrected chi connectivity index (χ4v) is 3.06. The van der Waals surface area contributed by atoms with E-state index < -0.39 is 17.8 Å². The Labute approximate surface area is 169 Å². The lowest BCUT2D eigenvalue weighted by Gasteiger charge is -2.06. The van der Waals surface area contributed by atoms with Crippen LogP contribution in [0, 0.1) is 11.3 Å². The molecule has 0 unspecified atom stereocenters. The lowest BCUT2D eigenvalue weighted by atomic mass is 9.99. The number of alkyl halides is 3. The third-order valence-corrected chi connectivity index (χ3v) is 4.53. The molecule has 0 radical (unpaired) electrons. The monoisotopic (exact) mass is 417 g/mol. The van der Waals surface area contributed by atoms with Gasteiger partial charge in [0.15, 0.2) is 5.69 Å². The molecule has 0 aliphatic heterocycles. The van der Waals surface area contributed by atoms with Gasteiger partial charge >= 0.3 is 6.18 Å². The topological polar surface area (TPSA) is 115 Å². The number of nitrogens with two attached hydrogens (primary N) is 1. The number of rotatable bonds is 2. The van der Waals surface area contributed by atoms with Crippen molar-refractivity contribution in [3.05, 3.63) is 58.9 Å². The number of nitriles is 1. The second-order valence-electron chi connectivity index (χ2n) is 6.66. The number of primary amides is 1. The number of aromatic nitrogens is 5. The van der Waals surface area contributed by atoms with Crippen LogP contribution in [0.5, 0.6) is 0 Å². The molecule has 3 aromatic heterocycles. The highest BCUT2D eigenvalue weighted by atomic mass is 19.4. The average Bonchev–Trinajstić information content (AvgIpc) is 3.32. The van der Waals surface area contributed by atoms with Gasteiger partial charge < -0.3 is 5.73 Å². The van der Waals surface area contributed by atoms with Crippen LogP contribution in [0.15, 0.2) is 30.6 Å². The Hall–Kier alpha value is -3.68. The first-order chi connectivity index (χ1) is 14.2. The summed E-state index contributed by atoms with van der Waals surface area (Å²) in [5.41, 5.74) is 7.29. The van der Waals surface area contributed by atoms with Crippen molar-refractivity contribution in [1.29, 1.82) is 5.26 Å². The number of nitrogens with zero attached hydrogens (tertiary/aromatic N) is 6. The largest absolute Gasteiger partial charge is 0.435 e. The van der Waals surface area contributed by atoms with Gasteiger partial charge in [-0.1, -0.05) is 0 Å². The predicted octanol–water partition coefficient (Wildman–Crippen LogP) is 2.56. The van der Waals surface area contributed by atoms with Crippen LogP contribution in [-0.2, 0) is 26.1 Å². The summed E-state index contributed by atoms with van der Waals surface area (Å²) in [6, 6.07) is 6.30. The number of hydrogen-bond acceptors (Lipinski definition) is 5. The van der Waals surface area contributed by atoms with Crippen LogP contribution in [0.3, 0.4) is 0 Å². The van der Waals surface area contributed by atoms with Gasteiger partial charge in [0.25, 0.3) is 5.91 Å². The van der Waals surface area contributed by atoms with E-state index in [0.717, 1.165) is 23.2 Å². The molecule has 0 fully saturated rings. The zero-order chi connectivity index (χ0) is 21.9. The second kappa shape index (κ2) is 8.36. The zero-order valence-electron chi connectivity index (χ0n) is 16.0. The van der Waals surface area contributed by atoms with E-state index in [4.69, 9.17) is 11.0 Å². The van der Waals surface area contributed by atoms with Gasteiger partial charge in [-0.2, -0.15) is 28.6 Å². The molecular formula is C19H18F3N7O. The van der Waals surface area contributed by atoms with E-state index in [1.807, 2.05) is 16.8 Å². The van der Waals surface area contributed by atoms with Gasteiger partial charge in [0, 0.05) is 31.6 Å². The van der Waals surface area contributed by atoms with E-state index in [2.05, 4.69) is 21.4 Å². The molecule has 0 spiro atoms. The summed E-state index contributed by atoms with van der Waals surface area (Å²) >= 11 is 0. The Morgan fingerprint density at radius 3 is 2.53 bits per heavy atom. The Balaban J connectivity index is 0.000000178. The van der Waals surface area contributed by atoms with Gasteiger partial charge in [-0.25, -0.2) is 9.67 Å². The molecule has 1 amide bonds. The van der Waals surface area contributed by atoms with Gasteiger partial charge in [0.1, 0.15) is 17.5 Å². The molecule has 3 heterocycles. The molecule has 11 heteroatoms. The van der Waals surface area contributed by atoms with Crippen molar-refractivity contribution in [3.8, 4) is 11.8 Å². The Kier molecular flexibility index (Phi) is 5.86. The summed E-state index contributed by atoms with van der Waals surface area (Å²) < 4.78 is 38.7. The maximum Gasteiger partial charge on any atom is 0.435 e. The summed E-state index contributed by atoms with van der Waals surface area (Å²) in [6.45, 7) is 0. The molecule has 0 saturated carbocycles. The minimum Gasteiger partial charge on any atom is -0.364 e. The molecule has 1 aliphatic rings. The Bertz CT molecular complexity index is 1080. The van der Waals surface area contributed by atoms with Gasteiger partial charge in [-0.3, -0.25) is 9.48 Å². The molecule has 30 heavy (non-hydrogen) atoms. The Morgan fingerprint density at radius 1 is 1.23 bits per heavy atom. The minimum atomic E-state index is -4.55. The molecule has 3 aromatic rings. The summed E-state index contributed by atoms with van der Waals surface area (Å²) in [5, 5.41) is 16.5. The summed E-state index contributed by atoms with van der Waals surface area (Å²) in [5.74, 6) is -0.939. The van der Waals surface area contributed by atoms with E-state index in [9.17, 15) is 18.0 Å². The van der Waals surface area contributed by atoms with E-state index in [0.29, 0.717) is 11.8 Å². The summed E-state index contributed by atoms with van der Waals surface area (Å²) in [7, 11) is 1.22. The summed E-state index contributed by atoms with van der Waals surface area (Å²) in [4.78, 5) is 14.5. The number of halogens is 3. The van der Waals surface area contributed by atoms with Crippen LogP contribution in [0.4, 0.5) is 13.2 Å². The first-order valence-electron chi connectivity index (χ1n) is 9.04. The van der Waals surface area contributed by atoms with Crippen molar-refractivity contribution < 1.29 is 18.0 Å². The molecule has 8 nitrogen and oxygen atoms in total. The third kappa shape index (κ3) is 4.65. The number of hydrogen-bond donors (Lipinski definition) is 1. The third-order valence-electron chi connectivity index (χ3n) is 4.53. The molecule has 0 aromatic carbocycles. The van der Waals surface area contributed by atoms with Crippen LogP contribution >= 0.6 is 0 Å². The normalized spacial score (nSPS) is 13.0. The molecule has 2 N–H and O–H groups in total. The fourth-order valence-electron chi connectivity index (χ4n) is 3.06. The molecular weight excluding hydrogens is 399 g/mol. The maximum atomic E-state index is 12.0. The number of fused-ring (bicyclic) bond motifs is 1.